The molecule has 0 atom stereocenters. The van der Waals surface area contributed by atoms with Crippen molar-refractivity contribution in [1.82, 2.24) is 15.2 Å². The Kier molecular flexibility index (Phi) is 6.89. The summed E-state index contributed by atoms with van der Waals surface area (Å²) >= 11 is 5.24. The lowest BCUT2D eigenvalue weighted by atomic mass is 10.0. The number of anilines is 1. The third kappa shape index (κ3) is 4.94. The summed E-state index contributed by atoms with van der Waals surface area (Å²) in [6.07, 6.45) is 0. The Bertz CT molecular complexity index is 1200. The standard InChI is InChI=1S/C23H25N5O3S/c1-5-28-20(17-7-6-13(2)14(3)12-17)21(29)19(27-28)15(4)25-26-23(32)24-18-10-8-16(9-11-18)22(30)31/h6-12,29H,5H2,1-4H3,(H,30,31)(H2,24,26,32)/b25-15+. The number of thiocarbonyl (C=S) groups is 1. The van der Waals surface area contributed by atoms with Crippen molar-refractivity contribution in [3.8, 4) is 17.0 Å². The van der Waals surface area contributed by atoms with Crippen molar-refractivity contribution < 1.29 is 15.0 Å². The van der Waals surface area contributed by atoms with Gasteiger partial charge in [-0.05, 0) is 81.4 Å². The van der Waals surface area contributed by atoms with Crippen LogP contribution in [0.5, 0.6) is 5.75 Å². The van der Waals surface area contributed by atoms with E-state index in [2.05, 4.69) is 20.9 Å². The number of aryl methyl sites for hydroxylation is 3. The molecule has 1 aromatic heterocycles. The summed E-state index contributed by atoms with van der Waals surface area (Å²) in [7, 11) is 0. The fourth-order valence-corrected chi connectivity index (χ4v) is 3.31. The largest absolute Gasteiger partial charge is 0.504 e. The van der Waals surface area contributed by atoms with Crippen molar-refractivity contribution in [2.75, 3.05) is 5.32 Å². The summed E-state index contributed by atoms with van der Waals surface area (Å²) in [4.78, 5) is 10.9. The van der Waals surface area contributed by atoms with Crippen molar-refractivity contribution >= 4 is 34.7 Å². The van der Waals surface area contributed by atoms with Gasteiger partial charge in [0.1, 0.15) is 5.69 Å². The summed E-state index contributed by atoms with van der Waals surface area (Å²) in [6, 6.07) is 12.2. The van der Waals surface area contributed by atoms with Crippen molar-refractivity contribution in [2.24, 2.45) is 5.10 Å². The molecular formula is C23H25N5O3S. The fourth-order valence-electron chi connectivity index (χ4n) is 3.14. The summed E-state index contributed by atoms with van der Waals surface area (Å²) in [5, 5.41) is 31.8. The number of nitrogens with one attached hydrogen (secondary N) is 2. The molecule has 1 heterocycles. The van der Waals surface area contributed by atoms with E-state index in [0.29, 0.717) is 29.3 Å². The van der Waals surface area contributed by atoms with Crippen LogP contribution >= 0.6 is 12.2 Å². The zero-order chi connectivity index (χ0) is 23.4. The Balaban J connectivity index is 1.78. The SMILES string of the molecule is CCn1nc(/C(C)=N/NC(=S)Nc2ccc(C(=O)O)cc2)c(O)c1-c1ccc(C)c(C)c1. The van der Waals surface area contributed by atoms with Crippen molar-refractivity contribution in [3.63, 3.8) is 0 Å². The zero-order valence-electron chi connectivity index (χ0n) is 18.3. The highest BCUT2D eigenvalue weighted by Crippen LogP contribution is 2.33. The molecule has 4 N–H and O–H groups in total. The van der Waals surface area contributed by atoms with Crippen molar-refractivity contribution in [2.45, 2.75) is 34.2 Å². The van der Waals surface area contributed by atoms with Crippen molar-refractivity contribution in [3.05, 3.63) is 64.8 Å². The number of hydrogen-bond acceptors (Lipinski definition) is 5. The Morgan fingerprint density at radius 2 is 1.84 bits per heavy atom. The number of carboxylic acid groups (broad SMARTS) is 1. The van der Waals surface area contributed by atoms with Gasteiger partial charge in [-0.25, -0.2) is 4.79 Å². The van der Waals surface area contributed by atoms with Gasteiger partial charge < -0.3 is 15.5 Å². The molecule has 0 radical (unpaired) electrons. The molecule has 0 aliphatic carbocycles. The third-order valence-electron chi connectivity index (χ3n) is 5.06. The monoisotopic (exact) mass is 451 g/mol. The Morgan fingerprint density at radius 3 is 2.44 bits per heavy atom. The van der Waals surface area contributed by atoms with Crippen LogP contribution in [-0.2, 0) is 6.54 Å². The first-order valence-corrected chi connectivity index (χ1v) is 10.4. The van der Waals surface area contributed by atoms with E-state index in [4.69, 9.17) is 17.3 Å². The van der Waals surface area contributed by atoms with Gasteiger partial charge in [-0.3, -0.25) is 10.1 Å². The van der Waals surface area contributed by atoms with E-state index in [1.165, 1.54) is 17.7 Å². The number of aromatic nitrogens is 2. The molecule has 0 aliphatic rings. The average molecular weight is 452 g/mol. The second kappa shape index (κ2) is 9.61. The molecule has 9 heteroatoms. The number of nitrogens with zero attached hydrogens (tertiary/aromatic N) is 3. The van der Waals surface area contributed by atoms with Gasteiger partial charge in [0.25, 0.3) is 0 Å². The topological polar surface area (TPSA) is 112 Å². The smallest absolute Gasteiger partial charge is 0.335 e. The summed E-state index contributed by atoms with van der Waals surface area (Å²) in [5.74, 6) is -0.940. The molecule has 0 spiro atoms. The maximum Gasteiger partial charge on any atom is 0.335 e. The van der Waals surface area contributed by atoms with Crippen LogP contribution in [0, 0.1) is 13.8 Å². The van der Waals surface area contributed by atoms with E-state index in [9.17, 15) is 9.90 Å². The minimum absolute atomic E-state index is 0.0568. The van der Waals surface area contributed by atoms with E-state index in [-0.39, 0.29) is 16.4 Å². The fraction of sp³-hybridized carbons (Fsp3) is 0.217. The van der Waals surface area contributed by atoms with Gasteiger partial charge in [-0.15, -0.1) is 0 Å². The molecule has 2 aromatic carbocycles. The number of rotatable bonds is 6. The molecule has 8 nitrogen and oxygen atoms in total. The van der Waals surface area contributed by atoms with Crippen LogP contribution in [0.1, 0.15) is 41.0 Å². The van der Waals surface area contributed by atoms with Crippen LogP contribution in [0.25, 0.3) is 11.3 Å². The maximum absolute atomic E-state index is 10.9. The van der Waals surface area contributed by atoms with Gasteiger partial charge in [-0.1, -0.05) is 12.1 Å². The van der Waals surface area contributed by atoms with Crippen LogP contribution in [0.3, 0.4) is 0 Å². The Hall–Kier alpha value is -3.72. The maximum atomic E-state index is 10.9. The number of aromatic hydroxyl groups is 1. The lowest BCUT2D eigenvalue weighted by Gasteiger charge is -2.08. The normalized spacial score (nSPS) is 11.3. The van der Waals surface area contributed by atoms with Crippen LogP contribution in [0.4, 0.5) is 5.69 Å². The molecular weight excluding hydrogens is 426 g/mol. The number of aromatic carboxylic acids is 1. The van der Waals surface area contributed by atoms with E-state index in [1.54, 1.807) is 23.7 Å². The molecule has 0 unspecified atom stereocenters. The number of hydrazone groups is 1. The Morgan fingerprint density at radius 1 is 1.16 bits per heavy atom. The van der Waals surface area contributed by atoms with Gasteiger partial charge in [0.2, 0.25) is 0 Å². The second-order valence-electron chi connectivity index (χ2n) is 7.31. The number of benzene rings is 2. The lowest BCUT2D eigenvalue weighted by Crippen LogP contribution is -2.25. The van der Waals surface area contributed by atoms with Gasteiger partial charge >= 0.3 is 5.97 Å². The minimum Gasteiger partial charge on any atom is -0.504 e. The molecule has 0 saturated carbocycles. The summed E-state index contributed by atoms with van der Waals surface area (Å²) in [5.41, 5.74) is 8.19. The average Bonchev–Trinajstić information content (AvgIpc) is 3.10. The molecule has 0 amide bonds. The number of hydrogen-bond donors (Lipinski definition) is 4. The van der Waals surface area contributed by atoms with E-state index < -0.39 is 5.97 Å². The predicted octanol–water partition coefficient (Wildman–Crippen LogP) is 4.30. The van der Waals surface area contributed by atoms with E-state index in [1.807, 2.05) is 39.0 Å². The summed E-state index contributed by atoms with van der Waals surface area (Å²) < 4.78 is 1.74. The number of carboxylic acids is 1. The first kappa shape index (κ1) is 23.0. The minimum atomic E-state index is -0.996. The van der Waals surface area contributed by atoms with E-state index in [0.717, 1.165) is 11.1 Å². The molecule has 0 aliphatic heterocycles. The zero-order valence-corrected chi connectivity index (χ0v) is 19.1. The van der Waals surface area contributed by atoms with Crippen molar-refractivity contribution in [1.29, 1.82) is 0 Å². The third-order valence-corrected chi connectivity index (χ3v) is 5.26. The van der Waals surface area contributed by atoms with Gasteiger partial charge in [0, 0.05) is 17.8 Å². The van der Waals surface area contributed by atoms with Gasteiger partial charge in [-0.2, -0.15) is 10.2 Å². The Labute approximate surface area is 191 Å². The van der Waals surface area contributed by atoms with Crippen LogP contribution < -0.4 is 10.7 Å². The quantitative estimate of drug-likeness (QED) is 0.251. The molecule has 0 fully saturated rings. The van der Waals surface area contributed by atoms with Gasteiger partial charge in [0.05, 0.1) is 11.3 Å². The summed E-state index contributed by atoms with van der Waals surface area (Å²) in [6.45, 7) is 8.34. The van der Waals surface area contributed by atoms with E-state index >= 15 is 0 Å². The first-order chi connectivity index (χ1) is 15.2. The highest BCUT2D eigenvalue weighted by atomic mass is 32.1. The first-order valence-electron chi connectivity index (χ1n) is 10.0. The second-order valence-corrected chi connectivity index (χ2v) is 7.71. The molecule has 3 aromatic rings. The molecule has 32 heavy (non-hydrogen) atoms. The lowest BCUT2D eigenvalue weighted by molar-refractivity contribution is 0.0697. The van der Waals surface area contributed by atoms with Crippen LogP contribution in [-0.4, -0.2) is 36.8 Å². The number of carbonyl (C=O) groups is 1. The van der Waals surface area contributed by atoms with Crippen LogP contribution in [0.2, 0.25) is 0 Å². The van der Waals surface area contributed by atoms with Crippen LogP contribution in [0.15, 0.2) is 47.6 Å². The predicted molar refractivity (Wildman–Crippen MR) is 129 cm³/mol. The molecule has 0 saturated heterocycles. The molecule has 3 rings (SSSR count). The highest BCUT2D eigenvalue weighted by molar-refractivity contribution is 7.80. The molecule has 0 bridgehead atoms. The molecule has 166 valence electrons. The highest BCUT2D eigenvalue weighted by Gasteiger charge is 2.20. The van der Waals surface area contributed by atoms with Gasteiger partial charge in [0.15, 0.2) is 16.6 Å².